The third kappa shape index (κ3) is 3.65. The predicted molar refractivity (Wildman–Crippen MR) is 134 cm³/mol. The Bertz CT molecular complexity index is 1010. The molecule has 13 atom stereocenters. The summed E-state index contributed by atoms with van der Waals surface area (Å²) in [4.78, 5) is 25.4. The summed E-state index contributed by atoms with van der Waals surface area (Å²) in [5.41, 5.74) is -3.47. The zero-order valence-corrected chi connectivity index (χ0v) is 22.7. The highest BCUT2D eigenvalue weighted by atomic mass is 16.6. The molecule has 1 saturated heterocycles. The lowest BCUT2D eigenvalue weighted by Gasteiger charge is -2.60. The number of ether oxygens (including phenoxy) is 1. The van der Waals surface area contributed by atoms with Gasteiger partial charge in [0.1, 0.15) is 6.10 Å². The Balaban J connectivity index is 1.44. The highest BCUT2D eigenvalue weighted by Gasteiger charge is 2.69. The van der Waals surface area contributed by atoms with Gasteiger partial charge in [-0.25, -0.2) is 0 Å². The number of allylic oxidation sites excluding steroid dienone is 1. The number of hydrogen-bond acceptors (Lipinski definition) is 8. The van der Waals surface area contributed by atoms with Crippen molar-refractivity contribution in [3.8, 4) is 0 Å². The first-order valence-electron chi connectivity index (χ1n) is 14.0. The van der Waals surface area contributed by atoms with Gasteiger partial charge in [-0.05, 0) is 87.7 Å². The molecule has 1 aliphatic heterocycles. The van der Waals surface area contributed by atoms with Gasteiger partial charge in [0.15, 0.2) is 5.78 Å². The fourth-order valence-electron chi connectivity index (χ4n) is 9.39. The number of cyclic esters (lactones) is 1. The second kappa shape index (κ2) is 8.59. The van der Waals surface area contributed by atoms with Gasteiger partial charge in [0.2, 0.25) is 0 Å². The van der Waals surface area contributed by atoms with Crippen LogP contribution >= 0.6 is 0 Å². The van der Waals surface area contributed by atoms with E-state index in [1.54, 1.807) is 19.9 Å². The van der Waals surface area contributed by atoms with E-state index in [0.29, 0.717) is 37.7 Å². The van der Waals surface area contributed by atoms with Crippen molar-refractivity contribution in [3.63, 3.8) is 0 Å². The van der Waals surface area contributed by atoms with Crippen molar-refractivity contribution in [2.24, 2.45) is 40.4 Å². The van der Waals surface area contributed by atoms with E-state index in [4.69, 9.17) is 4.74 Å². The molecule has 37 heavy (non-hydrogen) atoms. The first-order chi connectivity index (χ1) is 17.1. The molecule has 0 aromatic carbocycles. The largest absolute Gasteiger partial charge is 0.462 e. The maximum absolute atomic E-state index is 13.3. The standard InChI is InChI=1S/C29H44O8/c1-14-16(15(2)37-25(14)34)10-24(33)28(5,35)23-7-9-29(36)18-11-20(30)19-12-21(31)22(32)13-26(19,3)17(18)6-8-27(23,29)4/h11,14-17,19,21-24,31-33,35-36H,6-10,12-13H2,1-5H3/t14-,15+,16-,17-,19-,21+,22-,23-,24+,26+,27+,28+,29+/m0/s1. The second-order valence-electron chi connectivity index (χ2n) is 13.7. The average Bonchev–Trinajstić information content (AvgIpc) is 3.23. The molecule has 0 unspecified atom stereocenters. The van der Waals surface area contributed by atoms with Crippen molar-refractivity contribution in [2.75, 3.05) is 0 Å². The van der Waals surface area contributed by atoms with Crippen LogP contribution in [0.15, 0.2) is 11.6 Å². The predicted octanol–water partition coefficient (Wildman–Crippen LogP) is 1.89. The quantitative estimate of drug-likeness (QED) is 0.354. The number of esters is 1. The molecular weight excluding hydrogens is 476 g/mol. The Labute approximate surface area is 219 Å². The minimum atomic E-state index is -1.52. The van der Waals surface area contributed by atoms with Gasteiger partial charge in [-0.15, -0.1) is 0 Å². The topological polar surface area (TPSA) is 145 Å². The van der Waals surface area contributed by atoms with Gasteiger partial charge < -0.3 is 30.3 Å². The molecule has 208 valence electrons. The lowest BCUT2D eigenvalue weighted by atomic mass is 9.45. The van der Waals surface area contributed by atoms with Crippen LogP contribution in [-0.4, -0.2) is 72.9 Å². The van der Waals surface area contributed by atoms with E-state index in [1.807, 2.05) is 20.8 Å². The Hall–Kier alpha value is -1.32. The lowest BCUT2D eigenvalue weighted by Crippen LogP contribution is -2.63. The van der Waals surface area contributed by atoms with Gasteiger partial charge in [0, 0.05) is 17.3 Å². The molecule has 5 N–H and O–H groups in total. The fraction of sp³-hybridized carbons (Fsp3) is 0.862. The van der Waals surface area contributed by atoms with Crippen LogP contribution in [0.3, 0.4) is 0 Å². The number of carbonyl (C=O) groups excluding carboxylic acids is 2. The number of ketones is 1. The first kappa shape index (κ1) is 27.3. The highest BCUT2D eigenvalue weighted by molar-refractivity contribution is 5.95. The molecule has 4 aliphatic carbocycles. The minimum absolute atomic E-state index is 0.104. The van der Waals surface area contributed by atoms with Crippen LogP contribution in [0.2, 0.25) is 0 Å². The molecule has 0 aromatic rings. The Kier molecular flexibility index (Phi) is 6.33. The summed E-state index contributed by atoms with van der Waals surface area (Å²) >= 11 is 0. The number of hydrogen-bond donors (Lipinski definition) is 5. The molecule has 8 heteroatoms. The van der Waals surface area contributed by atoms with Crippen LogP contribution in [0.1, 0.15) is 79.6 Å². The van der Waals surface area contributed by atoms with Crippen molar-refractivity contribution in [2.45, 2.75) is 115 Å². The normalized spacial score (nSPS) is 51.9. The van der Waals surface area contributed by atoms with Crippen molar-refractivity contribution in [3.05, 3.63) is 11.6 Å². The molecule has 8 nitrogen and oxygen atoms in total. The van der Waals surface area contributed by atoms with Crippen LogP contribution in [0.4, 0.5) is 0 Å². The monoisotopic (exact) mass is 520 g/mol. The van der Waals surface area contributed by atoms with Crippen molar-refractivity contribution < 1.29 is 39.9 Å². The van der Waals surface area contributed by atoms with E-state index in [1.165, 1.54) is 0 Å². The maximum atomic E-state index is 13.3. The molecule has 0 amide bonds. The molecule has 0 spiro atoms. The first-order valence-corrected chi connectivity index (χ1v) is 14.0. The van der Waals surface area contributed by atoms with E-state index >= 15 is 0 Å². The molecule has 3 saturated carbocycles. The van der Waals surface area contributed by atoms with E-state index in [9.17, 15) is 35.1 Å². The summed E-state index contributed by atoms with van der Waals surface area (Å²) in [6.07, 6.45) is 1.21. The van der Waals surface area contributed by atoms with Gasteiger partial charge in [-0.2, -0.15) is 0 Å². The van der Waals surface area contributed by atoms with E-state index in [-0.39, 0.29) is 48.5 Å². The molecule has 5 aliphatic rings. The SMILES string of the molecule is C[C@@H]1C(=O)O[C@H](C)[C@H]1C[C@@H](O)[C@](C)(O)[C@H]1CC[C@@]2(O)C3=CC(=O)[C@@H]4C[C@@H](O)[C@@H](O)C[C@]4(C)[C@H]3CC[C@]12C. The van der Waals surface area contributed by atoms with Crippen molar-refractivity contribution >= 4 is 11.8 Å². The molecule has 0 aromatic heterocycles. The molecule has 5 rings (SSSR count). The molecule has 1 heterocycles. The Morgan fingerprint density at radius 1 is 1.11 bits per heavy atom. The minimum Gasteiger partial charge on any atom is -0.462 e. The van der Waals surface area contributed by atoms with Crippen molar-refractivity contribution in [1.82, 2.24) is 0 Å². The van der Waals surface area contributed by atoms with E-state index in [2.05, 4.69) is 0 Å². The fourth-order valence-corrected chi connectivity index (χ4v) is 9.39. The Morgan fingerprint density at radius 2 is 1.78 bits per heavy atom. The van der Waals surface area contributed by atoms with Crippen LogP contribution in [-0.2, 0) is 14.3 Å². The van der Waals surface area contributed by atoms with Crippen LogP contribution in [0.25, 0.3) is 0 Å². The highest BCUT2D eigenvalue weighted by Crippen LogP contribution is 2.68. The summed E-state index contributed by atoms with van der Waals surface area (Å²) in [6.45, 7) is 9.21. The van der Waals surface area contributed by atoms with Crippen LogP contribution in [0, 0.1) is 40.4 Å². The lowest BCUT2D eigenvalue weighted by molar-refractivity contribution is -0.178. The molecule has 4 fully saturated rings. The number of aliphatic hydroxyl groups is 5. The molecule has 0 bridgehead atoms. The smallest absolute Gasteiger partial charge is 0.309 e. The third-order valence-corrected chi connectivity index (χ3v) is 11.9. The summed E-state index contributed by atoms with van der Waals surface area (Å²) in [5, 5.41) is 56.2. The van der Waals surface area contributed by atoms with Crippen LogP contribution in [0.5, 0.6) is 0 Å². The van der Waals surface area contributed by atoms with Crippen molar-refractivity contribution in [1.29, 1.82) is 0 Å². The van der Waals surface area contributed by atoms with E-state index < -0.39 is 52.2 Å². The average molecular weight is 521 g/mol. The molecule has 0 radical (unpaired) electrons. The summed E-state index contributed by atoms with van der Waals surface area (Å²) in [5.74, 6) is -1.88. The zero-order valence-electron chi connectivity index (χ0n) is 22.7. The zero-order chi connectivity index (χ0) is 27.3. The third-order valence-electron chi connectivity index (χ3n) is 11.9. The molecular formula is C29H44O8. The second-order valence-corrected chi connectivity index (χ2v) is 13.7. The van der Waals surface area contributed by atoms with E-state index in [0.717, 1.165) is 0 Å². The maximum Gasteiger partial charge on any atom is 0.309 e. The van der Waals surface area contributed by atoms with Crippen LogP contribution < -0.4 is 0 Å². The van der Waals surface area contributed by atoms with Gasteiger partial charge in [-0.1, -0.05) is 20.8 Å². The number of fused-ring (bicyclic) bond motifs is 5. The number of aliphatic hydroxyl groups excluding tert-OH is 3. The van der Waals surface area contributed by atoms with Gasteiger partial charge in [0.05, 0.1) is 35.4 Å². The van der Waals surface area contributed by atoms with Gasteiger partial charge >= 0.3 is 5.97 Å². The van der Waals surface area contributed by atoms with Gasteiger partial charge in [-0.3, -0.25) is 9.59 Å². The Morgan fingerprint density at radius 3 is 2.41 bits per heavy atom. The number of rotatable bonds is 4. The summed E-state index contributed by atoms with van der Waals surface area (Å²) in [6, 6.07) is 0. The summed E-state index contributed by atoms with van der Waals surface area (Å²) < 4.78 is 5.34. The number of carbonyl (C=O) groups is 2. The van der Waals surface area contributed by atoms with Gasteiger partial charge in [0.25, 0.3) is 0 Å². The summed E-state index contributed by atoms with van der Waals surface area (Å²) in [7, 11) is 0.